The van der Waals surface area contributed by atoms with Gasteiger partial charge < -0.3 is 20.1 Å². The highest BCUT2D eigenvalue weighted by Crippen LogP contribution is 2.49. The molecule has 1 heterocycles. The minimum atomic E-state index is -0.513. The lowest BCUT2D eigenvalue weighted by Crippen LogP contribution is -2.43. The van der Waals surface area contributed by atoms with E-state index >= 15 is 0 Å². The summed E-state index contributed by atoms with van der Waals surface area (Å²) >= 11 is 0. The second-order valence-corrected chi connectivity index (χ2v) is 8.06. The van der Waals surface area contributed by atoms with Gasteiger partial charge in [-0.15, -0.1) is 0 Å². The Morgan fingerprint density at radius 1 is 1.07 bits per heavy atom. The number of aliphatic hydroxyl groups is 1. The van der Waals surface area contributed by atoms with E-state index in [1.54, 1.807) is 4.90 Å². The number of benzene rings is 3. The first kappa shape index (κ1) is 18.0. The molecule has 29 heavy (non-hydrogen) atoms. The summed E-state index contributed by atoms with van der Waals surface area (Å²) in [5, 5.41) is 15.1. The Labute approximate surface area is 169 Å². The predicted molar refractivity (Wildman–Crippen MR) is 113 cm³/mol. The molecule has 2 aliphatic rings. The number of carbonyl (C=O) groups excluding carboxylic acids is 1. The lowest BCUT2D eigenvalue weighted by molar-refractivity contribution is 0.0774. The third kappa shape index (κ3) is 3.54. The van der Waals surface area contributed by atoms with E-state index < -0.39 is 5.60 Å². The minimum absolute atomic E-state index is 0.109. The SMILES string of the molecule is O=C(Nc1ccc(OCc2ccccc2)c2ccccc12)N1CC[C@@]2(O)C[C@H]2C1. The first-order valence-corrected chi connectivity index (χ1v) is 10.1. The molecular weight excluding hydrogens is 364 g/mol. The molecule has 2 atom stereocenters. The van der Waals surface area contributed by atoms with Crippen LogP contribution in [0.2, 0.25) is 0 Å². The van der Waals surface area contributed by atoms with Crippen LogP contribution in [0.5, 0.6) is 5.75 Å². The van der Waals surface area contributed by atoms with E-state index in [0.29, 0.717) is 26.1 Å². The minimum Gasteiger partial charge on any atom is -0.488 e. The summed E-state index contributed by atoms with van der Waals surface area (Å²) in [4.78, 5) is 14.6. The second-order valence-electron chi connectivity index (χ2n) is 8.06. The Kier molecular flexibility index (Phi) is 4.40. The van der Waals surface area contributed by atoms with Crippen molar-refractivity contribution in [3.8, 4) is 5.75 Å². The Bertz CT molecular complexity index is 1050. The first-order valence-electron chi connectivity index (χ1n) is 10.1. The molecule has 5 rings (SSSR count). The molecule has 3 aromatic carbocycles. The summed E-state index contributed by atoms with van der Waals surface area (Å²) in [6, 6.07) is 21.7. The number of carbonyl (C=O) groups is 1. The number of ether oxygens (including phenoxy) is 1. The van der Waals surface area contributed by atoms with Gasteiger partial charge in [0.2, 0.25) is 0 Å². The second kappa shape index (κ2) is 7.08. The number of hydrogen-bond acceptors (Lipinski definition) is 3. The lowest BCUT2D eigenvalue weighted by atomic mass is 10.1. The molecule has 1 aliphatic carbocycles. The van der Waals surface area contributed by atoms with Crippen LogP contribution in [0.1, 0.15) is 18.4 Å². The van der Waals surface area contributed by atoms with E-state index in [1.807, 2.05) is 66.7 Å². The van der Waals surface area contributed by atoms with E-state index in [2.05, 4.69) is 5.32 Å². The Hall–Kier alpha value is -3.05. The molecule has 0 bridgehead atoms. The average molecular weight is 388 g/mol. The fourth-order valence-electron chi connectivity index (χ4n) is 4.21. The number of anilines is 1. The van der Waals surface area contributed by atoms with Crippen molar-refractivity contribution in [2.75, 3.05) is 18.4 Å². The fraction of sp³-hybridized carbons (Fsp3) is 0.292. The molecule has 0 spiro atoms. The van der Waals surface area contributed by atoms with Crippen LogP contribution in [0.4, 0.5) is 10.5 Å². The van der Waals surface area contributed by atoms with Gasteiger partial charge in [-0.3, -0.25) is 0 Å². The van der Waals surface area contributed by atoms with E-state index in [-0.39, 0.29) is 11.9 Å². The molecule has 2 N–H and O–H groups in total. The molecule has 2 amide bonds. The van der Waals surface area contributed by atoms with Crippen molar-refractivity contribution in [2.45, 2.75) is 25.0 Å². The van der Waals surface area contributed by atoms with Gasteiger partial charge in [-0.2, -0.15) is 0 Å². The van der Waals surface area contributed by atoms with Crippen LogP contribution >= 0.6 is 0 Å². The van der Waals surface area contributed by atoms with E-state index in [4.69, 9.17) is 4.74 Å². The average Bonchev–Trinajstić information content (AvgIpc) is 3.44. The predicted octanol–water partition coefficient (Wildman–Crippen LogP) is 4.41. The Balaban J connectivity index is 1.34. The molecule has 148 valence electrons. The number of hydrogen-bond donors (Lipinski definition) is 2. The first-order chi connectivity index (χ1) is 14.1. The van der Waals surface area contributed by atoms with Gasteiger partial charge in [-0.25, -0.2) is 4.79 Å². The standard InChI is InChI=1S/C24H24N2O3/c27-23(26-13-12-24(28)14-18(24)15-26)25-21-10-11-22(20-9-5-4-8-19(20)21)29-16-17-6-2-1-3-7-17/h1-11,18,28H,12-16H2,(H,25,27)/t18-,24+/m0/s1. The number of amides is 2. The maximum Gasteiger partial charge on any atom is 0.321 e. The van der Waals surface area contributed by atoms with Crippen molar-refractivity contribution in [2.24, 2.45) is 5.92 Å². The maximum atomic E-state index is 12.8. The largest absolute Gasteiger partial charge is 0.488 e. The van der Waals surface area contributed by atoms with E-state index in [1.165, 1.54) is 0 Å². The molecule has 5 heteroatoms. The quantitative estimate of drug-likeness (QED) is 0.696. The molecular formula is C24H24N2O3. The smallest absolute Gasteiger partial charge is 0.321 e. The van der Waals surface area contributed by atoms with Crippen LogP contribution in [0.3, 0.4) is 0 Å². The number of urea groups is 1. The number of nitrogens with one attached hydrogen (secondary N) is 1. The van der Waals surface area contributed by atoms with Gasteiger partial charge in [0.15, 0.2) is 0 Å². The number of rotatable bonds is 4. The summed E-state index contributed by atoms with van der Waals surface area (Å²) in [7, 11) is 0. The third-order valence-electron chi connectivity index (χ3n) is 6.11. The lowest BCUT2D eigenvalue weighted by Gasteiger charge is -2.29. The van der Waals surface area contributed by atoms with Gasteiger partial charge >= 0.3 is 6.03 Å². The van der Waals surface area contributed by atoms with Crippen LogP contribution in [0.25, 0.3) is 10.8 Å². The van der Waals surface area contributed by atoms with Crippen molar-refractivity contribution >= 4 is 22.5 Å². The third-order valence-corrected chi connectivity index (χ3v) is 6.11. The molecule has 1 saturated heterocycles. The Morgan fingerprint density at radius 2 is 1.83 bits per heavy atom. The number of fused-ring (bicyclic) bond motifs is 2. The van der Waals surface area contributed by atoms with Crippen LogP contribution < -0.4 is 10.1 Å². The van der Waals surface area contributed by atoms with Crippen molar-refractivity contribution in [1.29, 1.82) is 0 Å². The van der Waals surface area contributed by atoms with Crippen LogP contribution in [-0.4, -0.2) is 34.7 Å². The van der Waals surface area contributed by atoms with Gasteiger partial charge in [0.1, 0.15) is 12.4 Å². The number of piperidine rings is 1. The Morgan fingerprint density at radius 3 is 2.62 bits per heavy atom. The van der Waals surface area contributed by atoms with Crippen molar-refractivity contribution < 1.29 is 14.6 Å². The molecule has 1 saturated carbocycles. The topological polar surface area (TPSA) is 61.8 Å². The molecule has 3 aromatic rings. The highest BCUT2D eigenvalue weighted by Gasteiger charge is 2.56. The monoisotopic (exact) mass is 388 g/mol. The van der Waals surface area contributed by atoms with Crippen LogP contribution in [0.15, 0.2) is 66.7 Å². The molecule has 0 aromatic heterocycles. The van der Waals surface area contributed by atoms with Gasteiger partial charge in [-0.05, 0) is 30.5 Å². The summed E-state index contributed by atoms with van der Waals surface area (Å²) < 4.78 is 6.06. The zero-order valence-electron chi connectivity index (χ0n) is 16.2. The number of nitrogens with zero attached hydrogens (tertiary/aromatic N) is 1. The highest BCUT2D eigenvalue weighted by molar-refractivity contribution is 6.03. The summed E-state index contributed by atoms with van der Waals surface area (Å²) in [6.45, 7) is 1.71. The fourth-order valence-corrected chi connectivity index (χ4v) is 4.21. The summed E-state index contributed by atoms with van der Waals surface area (Å²) in [5.74, 6) is 1.02. The molecule has 0 unspecified atom stereocenters. The summed E-state index contributed by atoms with van der Waals surface area (Å²) in [5.41, 5.74) is 1.37. The molecule has 2 fully saturated rings. The van der Waals surface area contributed by atoms with E-state index in [9.17, 15) is 9.90 Å². The zero-order chi connectivity index (χ0) is 19.8. The zero-order valence-corrected chi connectivity index (χ0v) is 16.2. The summed E-state index contributed by atoms with van der Waals surface area (Å²) in [6.07, 6.45) is 1.48. The molecule has 0 radical (unpaired) electrons. The van der Waals surface area contributed by atoms with Crippen LogP contribution in [-0.2, 0) is 6.61 Å². The highest BCUT2D eigenvalue weighted by atomic mass is 16.5. The van der Waals surface area contributed by atoms with Crippen molar-refractivity contribution in [3.05, 3.63) is 72.3 Å². The normalized spacial score (nSPS) is 22.8. The molecule has 1 aliphatic heterocycles. The van der Waals surface area contributed by atoms with Gasteiger partial charge in [0.05, 0.1) is 11.3 Å². The van der Waals surface area contributed by atoms with Crippen LogP contribution in [0, 0.1) is 5.92 Å². The van der Waals surface area contributed by atoms with Crippen molar-refractivity contribution in [3.63, 3.8) is 0 Å². The van der Waals surface area contributed by atoms with Gasteiger partial charge in [0.25, 0.3) is 0 Å². The maximum absolute atomic E-state index is 12.8. The van der Waals surface area contributed by atoms with Crippen molar-refractivity contribution in [1.82, 2.24) is 4.90 Å². The number of likely N-dealkylation sites (tertiary alicyclic amines) is 1. The van der Waals surface area contributed by atoms with Gasteiger partial charge in [0, 0.05) is 29.8 Å². The molecule has 5 nitrogen and oxygen atoms in total. The van der Waals surface area contributed by atoms with Gasteiger partial charge in [-0.1, -0.05) is 54.6 Å². The van der Waals surface area contributed by atoms with E-state index in [0.717, 1.165) is 34.2 Å².